The van der Waals surface area contributed by atoms with Crippen LogP contribution in [0.3, 0.4) is 0 Å². The van der Waals surface area contributed by atoms with Crippen molar-refractivity contribution in [3.8, 4) is 11.5 Å². The minimum absolute atomic E-state index is 0.197. The summed E-state index contributed by atoms with van der Waals surface area (Å²) in [6.45, 7) is 7.37. The number of aryl methyl sites for hydroxylation is 1. The van der Waals surface area contributed by atoms with Gasteiger partial charge in [0.15, 0.2) is 0 Å². The van der Waals surface area contributed by atoms with Crippen LogP contribution in [0.5, 0.6) is 0 Å². The molecule has 21 heavy (non-hydrogen) atoms. The zero-order valence-electron chi connectivity index (χ0n) is 12.3. The lowest BCUT2D eigenvalue weighted by molar-refractivity contribution is -0.155. The molecule has 3 rings (SSSR count). The van der Waals surface area contributed by atoms with Gasteiger partial charge in [0.2, 0.25) is 5.91 Å². The Morgan fingerprint density at radius 1 is 1.48 bits per heavy atom. The van der Waals surface area contributed by atoms with E-state index >= 15 is 0 Å². The maximum atomic E-state index is 12.0. The summed E-state index contributed by atoms with van der Waals surface area (Å²) in [5.41, 5.74) is 0.485. The van der Waals surface area contributed by atoms with Gasteiger partial charge in [-0.3, -0.25) is 4.79 Å². The van der Waals surface area contributed by atoms with E-state index in [4.69, 9.17) is 8.83 Å². The normalized spacial score (nSPS) is 21.7. The van der Waals surface area contributed by atoms with E-state index in [0.717, 1.165) is 24.4 Å². The average molecular weight is 307 g/mol. The number of amides is 1. The van der Waals surface area contributed by atoms with Gasteiger partial charge in [0.05, 0.1) is 17.2 Å². The van der Waals surface area contributed by atoms with Crippen molar-refractivity contribution >= 4 is 17.7 Å². The molecule has 1 aliphatic rings. The zero-order chi connectivity index (χ0) is 15.0. The third kappa shape index (κ3) is 2.46. The molecule has 1 aliphatic heterocycles. The zero-order valence-corrected chi connectivity index (χ0v) is 13.1. The summed E-state index contributed by atoms with van der Waals surface area (Å²) in [5.74, 6) is 2.04. The van der Waals surface area contributed by atoms with Gasteiger partial charge in [-0.1, -0.05) is 11.8 Å². The second-order valence-corrected chi connectivity index (χ2v) is 6.36. The minimum Gasteiger partial charge on any atom is -0.469 e. The van der Waals surface area contributed by atoms with E-state index in [9.17, 15) is 4.79 Å². The Kier molecular flexibility index (Phi) is 3.52. The van der Waals surface area contributed by atoms with Crippen LogP contribution in [0.1, 0.15) is 19.6 Å². The highest BCUT2D eigenvalue weighted by molar-refractivity contribution is 7.99. The minimum atomic E-state index is -0.319. The van der Waals surface area contributed by atoms with Crippen molar-refractivity contribution in [3.05, 3.63) is 18.1 Å². The van der Waals surface area contributed by atoms with Gasteiger partial charge in [0.1, 0.15) is 5.76 Å². The molecule has 2 aromatic rings. The van der Waals surface area contributed by atoms with Crippen LogP contribution in [-0.4, -0.2) is 39.8 Å². The van der Waals surface area contributed by atoms with E-state index in [2.05, 4.69) is 10.2 Å². The number of hydrogen-bond donors (Lipinski definition) is 0. The molecular weight excluding hydrogens is 290 g/mol. The monoisotopic (exact) mass is 307 g/mol. The maximum absolute atomic E-state index is 12.0. The van der Waals surface area contributed by atoms with Crippen LogP contribution >= 0.6 is 11.8 Å². The Morgan fingerprint density at radius 2 is 2.29 bits per heavy atom. The van der Waals surface area contributed by atoms with Crippen LogP contribution in [0.2, 0.25) is 0 Å². The molecule has 6 nitrogen and oxygen atoms in total. The third-order valence-corrected chi connectivity index (χ3v) is 4.93. The van der Waals surface area contributed by atoms with Crippen LogP contribution in [0, 0.1) is 12.3 Å². The second-order valence-electron chi connectivity index (χ2n) is 5.43. The summed E-state index contributed by atoms with van der Waals surface area (Å²) in [6, 6.07) is 1.80. The Labute approximate surface area is 126 Å². The first-order valence-corrected chi connectivity index (χ1v) is 7.82. The summed E-state index contributed by atoms with van der Waals surface area (Å²) in [7, 11) is 0. The van der Waals surface area contributed by atoms with E-state index in [-0.39, 0.29) is 11.3 Å². The third-order valence-electron chi connectivity index (χ3n) is 3.73. The number of carbonyl (C=O) groups is 1. The van der Waals surface area contributed by atoms with Gasteiger partial charge >= 0.3 is 0 Å². The molecule has 1 unspecified atom stereocenters. The first-order valence-electron chi connectivity index (χ1n) is 6.83. The van der Waals surface area contributed by atoms with Crippen molar-refractivity contribution in [2.45, 2.75) is 26.0 Å². The molecule has 0 bridgehead atoms. The fourth-order valence-corrected chi connectivity index (χ4v) is 3.31. The Balaban J connectivity index is 1.64. The number of likely N-dealkylation sites (tertiary alicyclic amines) is 1. The predicted molar refractivity (Wildman–Crippen MR) is 77.8 cm³/mol. The van der Waals surface area contributed by atoms with Crippen molar-refractivity contribution < 1.29 is 13.6 Å². The van der Waals surface area contributed by atoms with Gasteiger partial charge in [-0.2, -0.15) is 0 Å². The number of rotatable bonds is 5. The standard InChI is InChI=1S/C14H17N3O3S/c1-4-17-7-14(3,12(17)18)8-21-13-16-15-11(20-13)10-5-6-19-9(10)2/h5-6H,4,7-8H2,1-3H3. The van der Waals surface area contributed by atoms with Gasteiger partial charge in [-0.05, 0) is 26.8 Å². The molecule has 7 heteroatoms. The van der Waals surface area contributed by atoms with Crippen LogP contribution in [0.15, 0.2) is 26.4 Å². The molecule has 0 saturated carbocycles. The molecular formula is C14H17N3O3S. The maximum Gasteiger partial charge on any atom is 0.276 e. The van der Waals surface area contributed by atoms with Crippen molar-refractivity contribution in [1.82, 2.24) is 15.1 Å². The summed E-state index contributed by atoms with van der Waals surface area (Å²) < 4.78 is 10.8. The number of nitrogens with zero attached hydrogens (tertiary/aromatic N) is 3. The fraction of sp³-hybridized carbons (Fsp3) is 0.500. The van der Waals surface area contributed by atoms with E-state index in [1.807, 2.05) is 25.7 Å². The highest BCUT2D eigenvalue weighted by Crippen LogP contribution is 2.37. The van der Waals surface area contributed by atoms with Crippen molar-refractivity contribution in [3.63, 3.8) is 0 Å². The number of hydrogen-bond acceptors (Lipinski definition) is 6. The average Bonchev–Trinajstić information content (AvgIpc) is 3.10. The molecule has 0 aliphatic carbocycles. The Bertz CT molecular complexity index is 666. The van der Waals surface area contributed by atoms with Crippen LogP contribution < -0.4 is 0 Å². The van der Waals surface area contributed by atoms with Crippen LogP contribution in [0.4, 0.5) is 0 Å². The quantitative estimate of drug-likeness (QED) is 0.624. The molecule has 3 heterocycles. The number of thioether (sulfide) groups is 1. The molecule has 1 amide bonds. The highest BCUT2D eigenvalue weighted by Gasteiger charge is 2.47. The van der Waals surface area contributed by atoms with Crippen molar-refractivity contribution in [2.24, 2.45) is 5.41 Å². The van der Waals surface area contributed by atoms with E-state index in [1.54, 1.807) is 12.3 Å². The Hall–Kier alpha value is -1.76. The van der Waals surface area contributed by atoms with E-state index < -0.39 is 0 Å². The SMILES string of the molecule is CCN1CC(C)(CSc2nnc(-c3ccoc3C)o2)C1=O. The number of β-lactam (4-membered cyclic amide) rings is 1. The molecule has 2 aromatic heterocycles. The predicted octanol–water partition coefficient (Wildman–Crippen LogP) is 2.60. The van der Waals surface area contributed by atoms with Crippen LogP contribution in [0.25, 0.3) is 11.5 Å². The summed E-state index contributed by atoms with van der Waals surface area (Å²) in [4.78, 5) is 13.8. The largest absolute Gasteiger partial charge is 0.469 e. The Morgan fingerprint density at radius 3 is 2.90 bits per heavy atom. The summed E-state index contributed by atoms with van der Waals surface area (Å²) >= 11 is 1.43. The molecule has 112 valence electrons. The lowest BCUT2D eigenvalue weighted by atomic mass is 9.83. The van der Waals surface area contributed by atoms with Gasteiger partial charge in [0.25, 0.3) is 11.1 Å². The molecule has 0 spiro atoms. The first-order chi connectivity index (χ1) is 10.0. The summed E-state index contributed by atoms with van der Waals surface area (Å²) in [6.07, 6.45) is 1.59. The molecule has 0 aromatic carbocycles. The van der Waals surface area contributed by atoms with Gasteiger partial charge in [0, 0.05) is 18.8 Å². The van der Waals surface area contributed by atoms with Gasteiger partial charge in [-0.25, -0.2) is 0 Å². The topological polar surface area (TPSA) is 72.4 Å². The molecule has 1 saturated heterocycles. The number of carbonyl (C=O) groups excluding carboxylic acids is 1. The number of aromatic nitrogens is 2. The molecule has 0 radical (unpaired) electrons. The van der Waals surface area contributed by atoms with Crippen LogP contribution in [-0.2, 0) is 4.79 Å². The lowest BCUT2D eigenvalue weighted by Crippen LogP contribution is -2.60. The van der Waals surface area contributed by atoms with Gasteiger partial charge < -0.3 is 13.7 Å². The number of furan rings is 1. The lowest BCUT2D eigenvalue weighted by Gasteiger charge is -2.46. The van der Waals surface area contributed by atoms with Gasteiger partial charge in [-0.15, -0.1) is 10.2 Å². The summed E-state index contributed by atoms with van der Waals surface area (Å²) in [5, 5.41) is 8.52. The fourth-order valence-electron chi connectivity index (χ4n) is 2.42. The smallest absolute Gasteiger partial charge is 0.276 e. The van der Waals surface area contributed by atoms with E-state index in [0.29, 0.717) is 16.9 Å². The first kappa shape index (κ1) is 14.2. The van der Waals surface area contributed by atoms with Crippen molar-refractivity contribution in [1.29, 1.82) is 0 Å². The molecule has 1 fully saturated rings. The molecule has 0 N–H and O–H groups in total. The van der Waals surface area contributed by atoms with Crippen molar-refractivity contribution in [2.75, 3.05) is 18.8 Å². The highest BCUT2D eigenvalue weighted by atomic mass is 32.2. The molecule has 1 atom stereocenters. The van der Waals surface area contributed by atoms with E-state index in [1.165, 1.54) is 11.8 Å². The second kappa shape index (κ2) is 5.22.